The lowest BCUT2D eigenvalue weighted by Gasteiger charge is -1.98. The van der Waals surface area contributed by atoms with Crippen LogP contribution in [0.3, 0.4) is 0 Å². The first-order valence-corrected chi connectivity index (χ1v) is 4.29. The van der Waals surface area contributed by atoms with Gasteiger partial charge in [0.1, 0.15) is 5.82 Å². The SMILES string of the molecule is NCc1nc(-c2cc(F)c(F)cc2F)no1. The first-order valence-electron chi connectivity index (χ1n) is 4.29. The van der Waals surface area contributed by atoms with Gasteiger partial charge in [-0.1, -0.05) is 5.16 Å². The maximum atomic E-state index is 13.3. The van der Waals surface area contributed by atoms with E-state index in [1.807, 2.05) is 0 Å². The topological polar surface area (TPSA) is 64.9 Å². The van der Waals surface area contributed by atoms with Crippen LogP contribution < -0.4 is 5.73 Å². The van der Waals surface area contributed by atoms with E-state index in [9.17, 15) is 13.2 Å². The fourth-order valence-electron chi connectivity index (χ4n) is 1.14. The molecule has 0 aliphatic heterocycles. The monoisotopic (exact) mass is 229 g/mol. The zero-order chi connectivity index (χ0) is 11.7. The van der Waals surface area contributed by atoms with Crippen LogP contribution in [0.1, 0.15) is 5.89 Å². The van der Waals surface area contributed by atoms with Gasteiger partial charge in [-0.05, 0) is 6.07 Å². The quantitative estimate of drug-likeness (QED) is 0.794. The summed E-state index contributed by atoms with van der Waals surface area (Å²) >= 11 is 0. The zero-order valence-electron chi connectivity index (χ0n) is 7.88. The van der Waals surface area contributed by atoms with Crippen molar-refractivity contribution >= 4 is 0 Å². The summed E-state index contributed by atoms with van der Waals surface area (Å²) < 4.78 is 43.4. The molecule has 0 saturated heterocycles. The van der Waals surface area contributed by atoms with E-state index in [0.717, 1.165) is 0 Å². The molecular weight excluding hydrogens is 223 g/mol. The first-order chi connectivity index (χ1) is 7.61. The molecule has 2 rings (SSSR count). The van der Waals surface area contributed by atoms with E-state index >= 15 is 0 Å². The molecule has 2 N–H and O–H groups in total. The molecule has 1 heterocycles. The Balaban J connectivity index is 2.51. The van der Waals surface area contributed by atoms with Crippen molar-refractivity contribution in [3.8, 4) is 11.4 Å². The minimum atomic E-state index is -1.27. The molecule has 0 aliphatic rings. The Kier molecular flexibility index (Phi) is 2.61. The molecule has 16 heavy (non-hydrogen) atoms. The Labute approximate surface area is 87.9 Å². The number of halogens is 3. The van der Waals surface area contributed by atoms with Gasteiger partial charge < -0.3 is 10.3 Å². The number of aromatic nitrogens is 2. The summed E-state index contributed by atoms with van der Waals surface area (Å²) in [7, 11) is 0. The van der Waals surface area contributed by atoms with Gasteiger partial charge in [-0.2, -0.15) is 4.98 Å². The summed E-state index contributed by atoms with van der Waals surface area (Å²) in [5.74, 6) is -3.52. The largest absolute Gasteiger partial charge is 0.338 e. The van der Waals surface area contributed by atoms with Gasteiger partial charge in [-0.3, -0.25) is 0 Å². The second kappa shape index (κ2) is 3.93. The molecule has 7 heteroatoms. The third-order valence-corrected chi connectivity index (χ3v) is 1.89. The molecule has 1 aromatic carbocycles. The molecular formula is C9H6F3N3O. The van der Waals surface area contributed by atoms with Gasteiger partial charge in [-0.15, -0.1) is 0 Å². The molecule has 0 aliphatic carbocycles. The number of nitrogens with two attached hydrogens (primary N) is 1. The van der Waals surface area contributed by atoms with Crippen molar-refractivity contribution in [1.82, 2.24) is 10.1 Å². The lowest BCUT2D eigenvalue weighted by molar-refractivity contribution is 0.380. The smallest absolute Gasteiger partial charge is 0.240 e. The minimum absolute atomic E-state index is 0.0156. The number of hydrogen-bond donors (Lipinski definition) is 1. The zero-order valence-corrected chi connectivity index (χ0v) is 7.88. The third-order valence-electron chi connectivity index (χ3n) is 1.89. The van der Waals surface area contributed by atoms with E-state index in [1.165, 1.54) is 0 Å². The summed E-state index contributed by atoms with van der Waals surface area (Å²) in [5, 5.41) is 3.39. The molecule has 4 nitrogen and oxygen atoms in total. The number of benzene rings is 1. The Hall–Kier alpha value is -1.89. The molecule has 0 saturated carbocycles. The van der Waals surface area contributed by atoms with Crippen molar-refractivity contribution in [2.45, 2.75) is 6.54 Å². The molecule has 2 aromatic rings. The van der Waals surface area contributed by atoms with E-state index < -0.39 is 17.5 Å². The second-order valence-corrected chi connectivity index (χ2v) is 2.96. The van der Waals surface area contributed by atoms with Crippen LogP contribution in [-0.4, -0.2) is 10.1 Å². The van der Waals surface area contributed by atoms with Crippen LogP contribution >= 0.6 is 0 Å². The van der Waals surface area contributed by atoms with E-state index in [-0.39, 0.29) is 23.8 Å². The molecule has 0 amide bonds. The van der Waals surface area contributed by atoms with E-state index in [1.54, 1.807) is 0 Å². The highest BCUT2D eigenvalue weighted by Crippen LogP contribution is 2.22. The maximum absolute atomic E-state index is 13.3. The molecule has 0 spiro atoms. The molecule has 0 atom stereocenters. The average molecular weight is 229 g/mol. The van der Waals surface area contributed by atoms with Crippen molar-refractivity contribution in [3.63, 3.8) is 0 Å². The van der Waals surface area contributed by atoms with Crippen LogP contribution in [0.5, 0.6) is 0 Å². The summed E-state index contributed by atoms with van der Waals surface area (Å²) in [6.07, 6.45) is 0. The Morgan fingerprint density at radius 3 is 2.44 bits per heavy atom. The highest BCUT2D eigenvalue weighted by Gasteiger charge is 2.16. The average Bonchev–Trinajstić information content (AvgIpc) is 2.71. The number of rotatable bonds is 2. The summed E-state index contributed by atoms with van der Waals surface area (Å²) in [5.41, 5.74) is 4.93. The minimum Gasteiger partial charge on any atom is -0.338 e. The van der Waals surface area contributed by atoms with Crippen molar-refractivity contribution in [2.75, 3.05) is 0 Å². The van der Waals surface area contributed by atoms with Crippen LogP contribution in [0, 0.1) is 17.5 Å². The number of nitrogens with zero attached hydrogens (tertiary/aromatic N) is 2. The molecule has 1 aromatic heterocycles. The lowest BCUT2D eigenvalue weighted by Crippen LogP contribution is -1.96. The number of hydrogen-bond acceptors (Lipinski definition) is 4. The Morgan fingerprint density at radius 2 is 1.81 bits per heavy atom. The predicted molar refractivity (Wildman–Crippen MR) is 47.5 cm³/mol. The van der Waals surface area contributed by atoms with Crippen molar-refractivity contribution < 1.29 is 17.7 Å². The Bertz CT molecular complexity index is 527. The predicted octanol–water partition coefficient (Wildman–Crippen LogP) is 1.61. The van der Waals surface area contributed by atoms with Crippen molar-refractivity contribution in [2.24, 2.45) is 5.73 Å². The highest BCUT2D eigenvalue weighted by molar-refractivity contribution is 5.55. The maximum Gasteiger partial charge on any atom is 0.240 e. The summed E-state index contributed by atoms with van der Waals surface area (Å²) in [6, 6.07) is 1.08. The van der Waals surface area contributed by atoms with E-state index in [0.29, 0.717) is 12.1 Å². The van der Waals surface area contributed by atoms with Crippen molar-refractivity contribution in [1.29, 1.82) is 0 Å². The van der Waals surface area contributed by atoms with E-state index in [4.69, 9.17) is 5.73 Å². The second-order valence-electron chi connectivity index (χ2n) is 2.96. The molecule has 0 bridgehead atoms. The normalized spacial score (nSPS) is 10.8. The molecule has 0 fully saturated rings. The van der Waals surface area contributed by atoms with Crippen molar-refractivity contribution in [3.05, 3.63) is 35.5 Å². The van der Waals surface area contributed by atoms with Crippen LogP contribution in [-0.2, 0) is 6.54 Å². The van der Waals surface area contributed by atoms with Gasteiger partial charge in [-0.25, -0.2) is 13.2 Å². The molecule has 84 valence electrons. The van der Waals surface area contributed by atoms with Gasteiger partial charge in [0.15, 0.2) is 11.6 Å². The van der Waals surface area contributed by atoms with Crippen LogP contribution in [0.2, 0.25) is 0 Å². The van der Waals surface area contributed by atoms with Gasteiger partial charge in [0.2, 0.25) is 11.7 Å². The van der Waals surface area contributed by atoms with Gasteiger partial charge in [0.25, 0.3) is 0 Å². The Morgan fingerprint density at radius 1 is 1.12 bits per heavy atom. The van der Waals surface area contributed by atoms with Gasteiger partial charge >= 0.3 is 0 Å². The third kappa shape index (κ3) is 1.76. The van der Waals surface area contributed by atoms with E-state index in [2.05, 4.69) is 14.7 Å². The standard InChI is InChI=1S/C9H6F3N3O/c10-5-2-7(12)6(11)1-4(5)9-14-8(3-13)16-15-9/h1-2H,3,13H2. The summed E-state index contributed by atoms with van der Waals surface area (Å²) in [4.78, 5) is 3.70. The highest BCUT2D eigenvalue weighted by atomic mass is 19.2. The molecule has 0 radical (unpaired) electrons. The molecule has 0 unspecified atom stereocenters. The van der Waals surface area contributed by atoms with Crippen LogP contribution in [0.4, 0.5) is 13.2 Å². The van der Waals surface area contributed by atoms with Gasteiger partial charge in [0, 0.05) is 6.07 Å². The summed E-state index contributed by atoms with van der Waals surface area (Å²) in [6.45, 7) is -0.0156. The van der Waals surface area contributed by atoms with Crippen LogP contribution in [0.15, 0.2) is 16.7 Å². The van der Waals surface area contributed by atoms with Gasteiger partial charge in [0.05, 0.1) is 12.1 Å². The van der Waals surface area contributed by atoms with Crippen LogP contribution in [0.25, 0.3) is 11.4 Å². The fraction of sp³-hybridized carbons (Fsp3) is 0.111. The lowest BCUT2D eigenvalue weighted by atomic mass is 10.2. The fourth-order valence-corrected chi connectivity index (χ4v) is 1.14. The first kappa shape index (κ1) is 10.6.